The van der Waals surface area contributed by atoms with Gasteiger partial charge in [-0.05, 0) is 34.5 Å². The zero-order chi connectivity index (χ0) is 16.2. The smallest absolute Gasteiger partial charge is 0.235 e. The number of aryl methyl sites for hydroxylation is 1. The highest BCUT2D eigenvalue weighted by molar-refractivity contribution is 8.00. The molecule has 23 heavy (non-hydrogen) atoms. The minimum atomic E-state index is -0.551. The predicted octanol–water partition coefficient (Wildman–Crippen LogP) is 2.29. The van der Waals surface area contributed by atoms with E-state index in [1.54, 1.807) is 4.68 Å². The number of thioether (sulfide) groups is 1. The first-order valence-corrected chi connectivity index (χ1v) is 7.90. The van der Waals surface area contributed by atoms with E-state index >= 15 is 0 Å². The summed E-state index contributed by atoms with van der Waals surface area (Å²) < 4.78 is 1.62. The highest BCUT2D eigenvalue weighted by Gasteiger charge is 2.23. The summed E-state index contributed by atoms with van der Waals surface area (Å²) >= 11 is 1.24. The average Bonchev–Trinajstić information content (AvgIpc) is 3.01. The molecular weight excluding hydrogens is 310 g/mol. The Bertz CT molecular complexity index is 818. The van der Waals surface area contributed by atoms with Crippen molar-refractivity contribution in [3.05, 3.63) is 65.7 Å². The fourth-order valence-electron chi connectivity index (χ4n) is 2.23. The number of rotatable bonds is 5. The molecule has 1 amide bonds. The number of hydrogen-bond donors (Lipinski definition) is 1. The first-order chi connectivity index (χ1) is 11.2. The molecule has 1 heterocycles. The Morgan fingerprint density at radius 2 is 1.83 bits per heavy atom. The lowest BCUT2D eigenvalue weighted by Gasteiger charge is -2.13. The van der Waals surface area contributed by atoms with Gasteiger partial charge in [0.2, 0.25) is 11.1 Å². The van der Waals surface area contributed by atoms with Gasteiger partial charge in [-0.15, -0.1) is 5.10 Å². The Balaban J connectivity index is 1.96. The van der Waals surface area contributed by atoms with Gasteiger partial charge in [0.1, 0.15) is 5.25 Å². The molecule has 1 unspecified atom stereocenters. The Morgan fingerprint density at radius 3 is 2.52 bits per heavy atom. The van der Waals surface area contributed by atoms with Crippen LogP contribution in [0.4, 0.5) is 0 Å². The van der Waals surface area contributed by atoms with Crippen molar-refractivity contribution in [2.24, 2.45) is 5.73 Å². The molecule has 0 spiro atoms. The second-order valence-corrected chi connectivity index (χ2v) is 6.04. The summed E-state index contributed by atoms with van der Waals surface area (Å²) in [6, 6.07) is 17.1. The summed E-state index contributed by atoms with van der Waals surface area (Å²) in [5.41, 5.74) is 8.30. The van der Waals surface area contributed by atoms with Crippen molar-refractivity contribution in [3.8, 4) is 5.69 Å². The molecule has 0 aliphatic carbocycles. The Hall–Kier alpha value is -2.67. The van der Waals surface area contributed by atoms with Gasteiger partial charge in [-0.1, -0.05) is 60.3 Å². The first kappa shape index (κ1) is 15.2. The minimum Gasteiger partial charge on any atom is -0.368 e. The molecule has 3 aromatic rings. The molecule has 0 saturated carbocycles. The van der Waals surface area contributed by atoms with Crippen LogP contribution >= 0.6 is 11.8 Å². The van der Waals surface area contributed by atoms with Gasteiger partial charge in [-0.25, -0.2) is 0 Å². The fourth-order valence-corrected chi connectivity index (χ4v) is 3.17. The molecule has 0 aliphatic heterocycles. The number of aromatic nitrogens is 4. The second kappa shape index (κ2) is 6.62. The van der Waals surface area contributed by atoms with Gasteiger partial charge >= 0.3 is 0 Å². The van der Waals surface area contributed by atoms with E-state index in [0.717, 1.165) is 16.8 Å². The van der Waals surface area contributed by atoms with E-state index in [1.807, 2.05) is 61.5 Å². The van der Waals surface area contributed by atoms with Crippen LogP contribution in [-0.2, 0) is 4.79 Å². The lowest BCUT2D eigenvalue weighted by molar-refractivity contribution is -0.117. The van der Waals surface area contributed by atoms with E-state index in [1.165, 1.54) is 11.8 Å². The van der Waals surface area contributed by atoms with E-state index in [9.17, 15) is 4.79 Å². The Kier molecular flexibility index (Phi) is 4.38. The molecule has 3 rings (SSSR count). The van der Waals surface area contributed by atoms with Crippen LogP contribution in [0.1, 0.15) is 16.4 Å². The molecule has 116 valence electrons. The molecule has 2 N–H and O–H groups in total. The minimum absolute atomic E-state index is 0.430. The number of carbonyl (C=O) groups is 1. The number of benzene rings is 2. The molecule has 0 saturated heterocycles. The maximum atomic E-state index is 11.9. The van der Waals surface area contributed by atoms with Crippen molar-refractivity contribution < 1.29 is 4.79 Å². The summed E-state index contributed by atoms with van der Waals surface area (Å²) in [6.07, 6.45) is 0. The van der Waals surface area contributed by atoms with Crippen molar-refractivity contribution in [1.29, 1.82) is 0 Å². The van der Waals surface area contributed by atoms with Crippen LogP contribution in [0.2, 0.25) is 0 Å². The van der Waals surface area contributed by atoms with Crippen LogP contribution in [0.5, 0.6) is 0 Å². The van der Waals surface area contributed by atoms with Gasteiger partial charge in [-0.2, -0.15) is 4.68 Å². The molecule has 0 radical (unpaired) electrons. The SMILES string of the molecule is Cc1ccccc1-n1nnnc1SC(C(N)=O)c1ccccc1. The number of primary amides is 1. The van der Waals surface area contributed by atoms with Crippen LogP contribution in [-0.4, -0.2) is 26.1 Å². The number of amides is 1. The van der Waals surface area contributed by atoms with Gasteiger partial charge in [0.05, 0.1) is 5.69 Å². The van der Waals surface area contributed by atoms with Crippen LogP contribution in [0.25, 0.3) is 5.69 Å². The largest absolute Gasteiger partial charge is 0.368 e. The average molecular weight is 325 g/mol. The third-order valence-electron chi connectivity index (χ3n) is 3.37. The van der Waals surface area contributed by atoms with Crippen molar-refractivity contribution >= 4 is 17.7 Å². The highest BCUT2D eigenvalue weighted by Crippen LogP contribution is 2.34. The number of hydrogen-bond acceptors (Lipinski definition) is 5. The van der Waals surface area contributed by atoms with Gasteiger partial charge in [0, 0.05) is 0 Å². The zero-order valence-corrected chi connectivity index (χ0v) is 13.3. The van der Waals surface area contributed by atoms with E-state index in [4.69, 9.17) is 5.73 Å². The number of tetrazole rings is 1. The maximum absolute atomic E-state index is 11.9. The first-order valence-electron chi connectivity index (χ1n) is 7.02. The van der Waals surface area contributed by atoms with Crippen LogP contribution in [0, 0.1) is 6.92 Å². The van der Waals surface area contributed by atoms with Crippen molar-refractivity contribution in [2.45, 2.75) is 17.3 Å². The maximum Gasteiger partial charge on any atom is 0.235 e. The molecule has 1 aromatic heterocycles. The van der Waals surface area contributed by atoms with E-state index in [-0.39, 0.29) is 0 Å². The predicted molar refractivity (Wildman–Crippen MR) is 88.1 cm³/mol. The standard InChI is InChI=1S/C16H15N5OS/c1-11-7-5-6-10-13(11)21-16(18-19-20-21)23-14(15(17)22)12-8-3-2-4-9-12/h2-10,14H,1H3,(H2,17,22). The normalized spacial score (nSPS) is 12.0. The molecule has 6 nitrogen and oxygen atoms in total. The molecule has 2 aromatic carbocycles. The van der Waals surface area contributed by atoms with Crippen molar-refractivity contribution in [2.75, 3.05) is 0 Å². The van der Waals surface area contributed by atoms with Gasteiger partial charge < -0.3 is 5.73 Å². The Labute approximate surface area is 137 Å². The topological polar surface area (TPSA) is 86.7 Å². The monoisotopic (exact) mass is 325 g/mol. The molecule has 1 atom stereocenters. The van der Waals surface area contributed by atoms with Gasteiger partial charge in [-0.3, -0.25) is 4.79 Å². The van der Waals surface area contributed by atoms with Gasteiger partial charge in [0.15, 0.2) is 0 Å². The van der Waals surface area contributed by atoms with E-state index < -0.39 is 11.2 Å². The molecule has 7 heteroatoms. The fraction of sp³-hybridized carbons (Fsp3) is 0.125. The van der Waals surface area contributed by atoms with Crippen LogP contribution in [0.15, 0.2) is 59.8 Å². The summed E-state index contributed by atoms with van der Waals surface area (Å²) in [4.78, 5) is 11.9. The lowest BCUT2D eigenvalue weighted by atomic mass is 10.1. The van der Waals surface area contributed by atoms with Crippen molar-refractivity contribution in [1.82, 2.24) is 20.2 Å². The zero-order valence-electron chi connectivity index (χ0n) is 12.5. The molecule has 0 bridgehead atoms. The van der Waals surface area contributed by atoms with Gasteiger partial charge in [0.25, 0.3) is 0 Å². The Morgan fingerprint density at radius 1 is 1.13 bits per heavy atom. The van der Waals surface area contributed by atoms with Crippen LogP contribution < -0.4 is 5.73 Å². The molecule has 0 fully saturated rings. The summed E-state index contributed by atoms with van der Waals surface area (Å²) in [6.45, 7) is 1.98. The third kappa shape index (κ3) is 3.24. The quantitative estimate of drug-likeness (QED) is 0.727. The summed E-state index contributed by atoms with van der Waals surface area (Å²) in [5.74, 6) is -0.430. The van der Waals surface area contributed by atoms with E-state index in [2.05, 4.69) is 15.5 Å². The number of nitrogens with two attached hydrogens (primary N) is 1. The number of nitrogens with zero attached hydrogens (tertiary/aromatic N) is 4. The van der Waals surface area contributed by atoms with Crippen LogP contribution in [0.3, 0.4) is 0 Å². The number of para-hydroxylation sites is 1. The highest BCUT2D eigenvalue weighted by atomic mass is 32.2. The molecular formula is C16H15N5OS. The lowest BCUT2D eigenvalue weighted by Crippen LogP contribution is -2.19. The second-order valence-electron chi connectivity index (χ2n) is 4.97. The number of carbonyl (C=O) groups excluding carboxylic acids is 1. The van der Waals surface area contributed by atoms with E-state index in [0.29, 0.717) is 5.16 Å². The summed E-state index contributed by atoms with van der Waals surface area (Å²) in [5, 5.41) is 11.8. The van der Waals surface area contributed by atoms with Crippen molar-refractivity contribution in [3.63, 3.8) is 0 Å². The molecule has 0 aliphatic rings. The summed E-state index contributed by atoms with van der Waals surface area (Å²) in [7, 11) is 0. The third-order valence-corrected chi connectivity index (χ3v) is 4.57.